The summed E-state index contributed by atoms with van der Waals surface area (Å²) >= 11 is 6.07. The van der Waals surface area contributed by atoms with Gasteiger partial charge < -0.3 is 19.5 Å². The van der Waals surface area contributed by atoms with Gasteiger partial charge in [-0.2, -0.15) is 0 Å². The quantitative estimate of drug-likeness (QED) is 0.221. The Labute approximate surface area is 247 Å². The summed E-state index contributed by atoms with van der Waals surface area (Å²) in [6.45, 7) is 9.68. The summed E-state index contributed by atoms with van der Waals surface area (Å²) in [5.41, 5.74) is 1.09. The van der Waals surface area contributed by atoms with Crippen LogP contribution in [-0.4, -0.2) is 36.9 Å². The molecule has 3 aromatic carbocycles. The van der Waals surface area contributed by atoms with Crippen LogP contribution in [0.1, 0.15) is 52.2 Å². The molecule has 3 aromatic rings. The van der Waals surface area contributed by atoms with Crippen molar-refractivity contribution in [3.63, 3.8) is 0 Å². The predicted molar refractivity (Wildman–Crippen MR) is 159 cm³/mol. The molecule has 0 bridgehead atoms. The van der Waals surface area contributed by atoms with Gasteiger partial charge in [-0.05, 0) is 82.3 Å². The van der Waals surface area contributed by atoms with Crippen LogP contribution in [0.25, 0.3) is 11.1 Å². The molecule has 8 heteroatoms. The van der Waals surface area contributed by atoms with Crippen LogP contribution < -0.4 is 5.32 Å². The molecular weight excluding hydrogens is 545 g/mol. The lowest BCUT2D eigenvalue weighted by Gasteiger charge is -2.32. The Morgan fingerprint density at radius 3 is 2.27 bits per heavy atom. The van der Waals surface area contributed by atoms with Crippen LogP contribution in [0.2, 0.25) is 5.02 Å². The van der Waals surface area contributed by atoms with Crippen LogP contribution in [0.15, 0.2) is 72.8 Å². The molecule has 0 spiro atoms. The molecule has 1 amide bonds. The van der Waals surface area contributed by atoms with Gasteiger partial charge in [-0.3, -0.25) is 4.79 Å². The van der Waals surface area contributed by atoms with Crippen molar-refractivity contribution in [2.45, 2.75) is 65.7 Å². The van der Waals surface area contributed by atoms with E-state index in [1.54, 1.807) is 33.8 Å². The van der Waals surface area contributed by atoms with Crippen LogP contribution >= 0.6 is 11.6 Å². The lowest BCUT2D eigenvalue weighted by molar-refractivity contribution is -0.161. The Kier molecular flexibility index (Phi) is 11.3. The molecule has 1 N–H and O–H groups in total. The maximum absolute atomic E-state index is 14.4. The second-order valence-corrected chi connectivity index (χ2v) is 11.8. The Morgan fingerprint density at radius 2 is 1.63 bits per heavy atom. The zero-order chi connectivity index (χ0) is 30.0. The van der Waals surface area contributed by atoms with Crippen LogP contribution in [0.5, 0.6) is 0 Å². The van der Waals surface area contributed by atoms with Crippen molar-refractivity contribution in [1.82, 2.24) is 5.32 Å². The predicted octanol–water partition coefficient (Wildman–Crippen LogP) is 7.76. The highest BCUT2D eigenvalue weighted by atomic mass is 35.5. The van der Waals surface area contributed by atoms with E-state index in [1.165, 1.54) is 12.1 Å². The first-order valence-corrected chi connectivity index (χ1v) is 14.1. The van der Waals surface area contributed by atoms with E-state index in [-0.39, 0.29) is 25.5 Å². The smallest absolute Gasteiger partial charge is 0.407 e. The first-order valence-electron chi connectivity index (χ1n) is 13.7. The highest BCUT2D eigenvalue weighted by Gasteiger charge is 2.39. The topological polar surface area (TPSA) is 73.9 Å². The van der Waals surface area contributed by atoms with Crippen LogP contribution in [-0.2, 0) is 32.0 Å². The van der Waals surface area contributed by atoms with Crippen molar-refractivity contribution in [3.05, 3.63) is 94.8 Å². The zero-order valence-corrected chi connectivity index (χ0v) is 25.1. The van der Waals surface area contributed by atoms with Gasteiger partial charge >= 0.3 is 12.1 Å². The van der Waals surface area contributed by atoms with Gasteiger partial charge in [0.05, 0.1) is 12.0 Å². The fourth-order valence-electron chi connectivity index (χ4n) is 4.44. The van der Waals surface area contributed by atoms with Crippen molar-refractivity contribution in [1.29, 1.82) is 0 Å². The average Bonchev–Trinajstić information content (AvgIpc) is 2.92. The highest BCUT2D eigenvalue weighted by Crippen LogP contribution is 2.30. The fraction of sp³-hybridized carbons (Fsp3) is 0.394. The standard InChI is InChI=1S/C33H39ClFNO5/c1-6-39-22-33(5,30(37)40-21-24-10-8-7-9-11-24)20-27(36-31(38)41-32(2,3)4)18-23-12-14-25(15-13-23)28-19-26(34)16-17-29(28)35/h7-17,19,27H,6,18,20-22H2,1-5H3,(H,36,38)/t27-,33?/m1/s1. The van der Waals surface area contributed by atoms with Crippen LogP contribution in [0.3, 0.4) is 0 Å². The maximum atomic E-state index is 14.4. The van der Waals surface area contributed by atoms with Gasteiger partial charge in [-0.25, -0.2) is 9.18 Å². The van der Waals surface area contributed by atoms with E-state index in [4.69, 9.17) is 25.8 Å². The second-order valence-electron chi connectivity index (χ2n) is 11.3. The largest absolute Gasteiger partial charge is 0.460 e. The van der Waals surface area contributed by atoms with Crippen molar-refractivity contribution in [3.8, 4) is 11.1 Å². The lowest BCUT2D eigenvalue weighted by Crippen LogP contribution is -2.46. The number of hydrogen-bond acceptors (Lipinski definition) is 5. The third kappa shape index (κ3) is 10.2. The first kappa shape index (κ1) is 32.1. The van der Waals surface area contributed by atoms with E-state index in [2.05, 4.69) is 5.32 Å². The number of benzene rings is 3. The van der Waals surface area contributed by atoms with Gasteiger partial charge in [0.25, 0.3) is 0 Å². The number of alkyl carbamates (subject to hydrolysis) is 1. The van der Waals surface area contributed by atoms with E-state index in [9.17, 15) is 14.0 Å². The van der Waals surface area contributed by atoms with Gasteiger partial charge in [-0.1, -0.05) is 66.2 Å². The van der Waals surface area contributed by atoms with Gasteiger partial charge in [0, 0.05) is 23.2 Å². The third-order valence-electron chi connectivity index (χ3n) is 6.42. The number of hydrogen-bond donors (Lipinski definition) is 1. The molecule has 0 aliphatic heterocycles. The minimum atomic E-state index is -1.05. The molecule has 1 unspecified atom stereocenters. The van der Waals surface area contributed by atoms with Gasteiger partial charge in [0.1, 0.15) is 18.0 Å². The summed E-state index contributed by atoms with van der Waals surface area (Å²) in [6, 6.07) is 20.7. The number of halogens is 2. The van der Waals surface area contributed by atoms with Crippen LogP contribution in [0.4, 0.5) is 9.18 Å². The average molecular weight is 584 g/mol. The molecule has 0 heterocycles. The normalized spacial score (nSPS) is 13.6. The van der Waals surface area contributed by atoms with E-state index < -0.39 is 29.1 Å². The summed E-state index contributed by atoms with van der Waals surface area (Å²) in [7, 11) is 0. The molecule has 0 aliphatic rings. The lowest BCUT2D eigenvalue weighted by atomic mass is 9.82. The second kappa shape index (κ2) is 14.5. The van der Waals surface area contributed by atoms with E-state index >= 15 is 0 Å². The Hall–Kier alpha value is -3.42. The van der Waals surface area contributed by atoms with Gasteiger partial charge in [0.2, 0.25) is 0 Å². The molecule has 0 fully saturated rings. The Morgan fingerprint density at radius 1 is 0.951 bits per heavy atom. The third-order valence-corrected chi connectivity index (χ3v) is 6.66. The number of carbonyl (C=O) groups is 2. The molecule has 6 nitrogen and oxygen atoms in total. The first-order chi connectivity index (χ1) is 19.4. The molecule has 0 aromatic heterocycles. The number of nitrogens with one attached hydrogen (secondary N) is 1. The van der Waals surface area contributed by atoms with Crippen LogP contribution in [0, 0.1) is 11.2 Å². The Bertz CT molecular complexity index is 1290. The van der Waals surface area contributed by atoms with Crippen molar-refractivity contribution >= 4 is 23.7 Å². The molecule has 41 heavy (non-hydrogen) atoms. The minimum absolute atomic E-state index is 0.122. The summed E-state index contributed by atoms with van der Waals surface area (Å²) in [5, 5.41) is 3.39. The SMILES string of the molecule is CCOCC(C)(C[C@@H](Cc1ccc(-c2cc(Cl)ccc2F)cc1)NC(=O)OC(C)(C)C)C(=O)OCc1ccccc1. The molecular formula is C33H39ClFNO5. The summed E-state index contributed by atoms with van der Waals surface area (Å²) < 4.78 is 31.3. The minimum Gasteiger partial charge on any atom is -0.460 e. The molecule has 0 saturated heterocycles. The fourth-order valence-corrected chi connectivity index (χ4v) is 4.61. The van der Waals surface area contributed by atoms with Gasteiger partial charge in [-0.15, -0.1) is 0 Å². The van der Waals surface area contributed by atoms with Crippen molar-refractivity contribution in [2.75, 3.05) is 13.2 Å². The number of carbonyl (C=O) groups excluding carboxylic acids is 2. The molecule has 0 saturated carbocycles. The van der Waals surface area contributed by atoms with Crippen molar-refractivity contribution < 1.29 is 28.2 Å². The molecule has 0 aliphatic carbocycles. The summed E-state index contributed by atoms with van der Waals surface area (Å²) in [6.07, 6.45) is 0.0481. The van der Waals surface area contributed by atoms with E-state index in [1.807, 2.05) is 61.5 Å². The number of esters is 1. The summed E-state index contributed by atoms with van der Waals surface area (Å²) in [4.78, 5) is 26.2. The van der Waals surface area contributed by atoms with Crippen molar-refractivity contribution in [2.24, 2.45) is 5.41 Å². The molecule has 3 rings (SSSR count). The van der Waals surface area contributed by atoms with E-state index in [0.29, 0.717) is 29.2 Å². The maximum Gasteiger partial charge on any atom is 0.407 e. The van der Waals surface area contributed by atoms with Gasteiger partial charge in [0.15, 0.2) is 0 Å². The Balaban J connectivity index is 1.83. The number of amides is 1. The molecule has 2 atom stereocenters. The molecule has 220 valence electrons. The molecule has 0 radical (unpaired) electrons. The van der Waals surface area contributed by atoms with E-state index in [0.717, 1.165) is 11.1 Å². The number of rotatable bonds is 12. The number of ether oxygens (including phenoxy) is 3. The zero-order valence-electron chi connectivity index (χ0n) is 24.3. The summed E-state index contributed by atoms with van der Waals surface area (Å²) in [5.74, 6) is -0.787. The monoisotopic (exact) mass is 583 g/mol. The highest BCUT2D eigenvalue weighted by molar-refractivity contribution is 6.30.